The van der Waals surface area contributed by atoms with Crippen LogP contribution in [0.4, 0.5) is 0 Å². The van der Waals surface area contributed by atoms with E-state index in [1.807, 2.05) is 29.2 Å². The number of nitrogens with zero attached hydrogens (tertiary/aromatic N) is 1. The molecule has 1 heterocycles. The summed E-state index contributed by atoms with van der Waals surface area (Å²) in [6, 6.07) is 7.36. The number of hydrogen-bond acceptors (Lipinski definition) is 3. The number of piperidine rings is 1. The third kappa shape index (κ3) is 3.61. The molecule has 0 saturated carbocycles. The summed E-state index contributed by atoms with van der Waals surface area (Å²) < 4.78 is 5.86. The Balaban J connectivity index is 1.83. The lowest BCUT2D eigenvalue weighted by Crippen LogP contribution is -2.42. The average Bonchev–Trinajstić information content (AvgIpc) is 2.41. The quantitative estimate of drug-likeness (QED) is 0.484. The highest BCUT2D eigenvalue weighted by molar-refractivity contribution is 6.30. The lowest BCUT2D eigenvalue weighted by molar-refractivity contribution is -0.110. The zero-order valence-corrected chi connectivity index (χ0v) is 11.4. The zero-order chi connectivity index (χ0) is 13.0. The third-order valence-corrected chi connectivity index (χ3v) is 3.68. The Bertz CT molecular complexity index is 388. The van der Waals surface area contributed by atoms with Gasteiger partial charge in [0.25, 0.3) is 0 Å². The molecule has 98 valence electrons. The molecule has 1 unspecified atom stereocenters. The van der Waals surface area contributed by atoms with E-state index in [0.29, 0.717) is 5.02 Å². The van der Waals surface area contributed by atoms with Crippen LogP contribution in [0.2, 0.25) is 5.02 Å². The fourth-order valence-electron chi connectivity index (χ4n) is 2.03. The van der Waals surface area contributed by atoms with Crippen LogP contribution >= 0.6 is 23.2 Å². The molecule has 0 radical (unpaired) electrons. The van der Waals surface area contributed by atoms with Crippen LogP contribution in [0.1, 0.15) is 12.8 Å². The van der Waals surface area contributed by atoms with Crippen LogP contribution in [0.3, 0.4) is 0 Å². The standard InChI is InChI=1S/C13H15Cl2NO2/c14-10-1-3-11(4-2-10)18-12-5-7-16(8-6-12)13(15)9-17/h1-4,9,12-13H,5-8H2. The second-order valence-corrected chi connectivity index (χ2v) is 5.20. The molecule has 1 atom stereocenters. The van der Waals surface area contributed by atoms with Crippen molar-refractivity contribution in [3.63, 3.8) is 0 Å². The van der Waals surface area contributed by atoms with Crippen LogP contribution < -0.4 is 4.74 Å². The summed E-state index contributed by atoms with van der Waals surface area (Å²) in [5.41, 5.74) is -0.513. The first-order valence-corrected chi connectivity index (χ1v) is 6.76. The molecular weight excluding hydrogens is 273 g/mol. The number of alkyl halides is 1. The van der Waals surface area contributed by atoms with Crippen LogP contribution in [0.25, 0.3) is 0 Å². The molecule has 1 aromatic rings. The second-order valence-electron chi connectivity index (χ2n) is 4.32. The number of halogens is 2. The molecule has 1 aromatic carbocycles. The smallest absolute Gasteiger partial charge is 0.152 e. The van der Waals surface area contributed by atoms with Gasteiger partial charge in [-0.25, -0.2) is 0 Å². The maximum absolute atomic E-state index is 10.6. The van der Waals surface area contributed by atoms with Crippen molar-refractivity contribution in [2.45, 2.75) is 24.4 Å². The van der Waals surface area contributed by atoms with Gasteiger partial charge in [-0.2, -0.15) is 0 Å². The molecule has 18 heavy (non-hydrogen) atoms. The van der Waals surface area contributed by atoms with Crippen LogP contribution in [-0.4, -0.2) is 35.9 Å². The predicted octanol–water partition coefficient (Wildman–Crippen LogP) is 2.95. The number of benzene rings is 1. The lowest BCUT2D eigenvalue weighted by Gasteiger charge is -2.32. The highest BCUT2D eigenvalue weighted by Gasteiger charge is 2.24. The molecule has 0 bridgehead atoms. The molecule has 0 aliphatic carbocycles. The molecule has 0 aromatic heterocycles. The summed E-state index contributed by atoms with van der Waals surface area (Å²) in [4.78, 5) is 12.5. The van der Waals surface area contributed by atoms with Gasteiger partial charge in [0, 0.05) is 18.1 Å². The Kier molecular flexibility index (Phi) is 4.87. The van der Waals surface area contributed by atoms with E-state index in [2.05, 4.69) is 0 Å². The summed E-state index contributed by atoms with van der Waals surface area (Å²) >= 11 is 11.7. The summed E-state index contributed by atoms with van der Waals surface area (Å²) in [5.74, 6) is 0.829. The minimum atomic E-state index is -0.513. The highest BCUT2D eigenvalue weighted by Crippen LogP contribution is 2.22. The van der Waals surface area contributed by atoms with Gasteiger partial charge in [-0.05, 0) is 37.1 Å². The maximum Gasteiger partial charge on any atom is 0.152 e. The number of ether oxygens (including phenoxy) is 1. The van der Waals surface area contributed by atoms with E-state index in [9.17, 15) is 4.79 Å². The Hall–Kier alpha value is -0.770. The molecule has 1 fully saturated rings. The fourth-order valence-corrected chi connectivity index (χ4v) is 2.35. The predicted molar refractivity (Wildman–Crippen MR) is 72.4 cm³/mol. The number of likely N-dealkylation sites (tertiary alicyclic amines) is 1. The molecular formula is C13H15Cl2NO2. The van der Waals surface area contributed by atoms with Crippen molar-refractivity contribution in [1.82, 2.24) is 4.90 Å². The van der Waals surface area contributed by atoms with Crippen molar-refractivity contribution < 1.29 is 9.53 Å². The Labute approximate surface area is 117 Å². The van der Waals surface area contributed by atoms with Gasteiger partial charge in [0.1, 0.15) is 17.4 Å². The second kappa shape index (κ2) is 6.41. The van der Waals surface area contributed by atoms with E-state index in [1.165, 1.54) is 0 Å². The average molecular weight is 288 g/mol. The molecule has 1 aliphatic rings. The van der Waals surface area contributed by atoms with E-state index in [-0.39, 0.29) is 6.10 Å². The van der Waals surface area contributed by atoms with E-state index in [4.69, 9.17) is 27.9 Å². The largest absolute Gasteiger partial charge is 0.490 e. The number of aldehydes is 1. The van der Waals surface area contributed by atoms with E-state index in [1.54, 1.807) is 0 Å². The van der Waals surface area contributed by atoms with Crippen molar-refractivity contribution in [1.29, 1.82) is 0 Å². The number of rotatable bonds is 4. The Morgan fingerprint density at radius 1 is 1.28 bits per heavy atom. The third-order valence-electron chi connectivity index (χ3n) is 3.05. The summed E-state index contributed by atoms with van der Waals surface area (Å²) in [6.45, 7) is 1.57. The van der Waals surface area contributed by atoms with Gasteiger partial charge in [-0.1, -0.05) is 23.2 Å². The number of carbonyl (C=O) groups is 1. The van der Waals surface area contributed by atoms with Crippen molar-refractivity contribution in [2.24, 2.45) is 0 Å². The van der Waals surface area contributed by atoms with Gasteiger partial charge < -0.3 is 9.53 Å². The van der Waals surface area contributed by atoms with Crippen molar-refractivity contribution in [3.8, 4) is 5.75 Å². The van der Waals surface area contributed by atoms with E-state index in [0.717, 1.165) is 38.0 Å². The van der Waals surface area contributed by atoms with Crippen LogP contribution in [0.15, 0.2) is 24.3 Å². The van der Waals surface area contributed by atoms with Gasteiger partial charge in [-0.3, -0.25) is 4.90 Å². The summed E-state index contributed by atoms with van der Waals surface area (Å²) in [5, 5.41) is 0.702. The first kappa shape index (κ1) is 13.7. The van der Waals surface area contributed by atoms with Gasteiger partial charge in [-0.15, -0.1) is 0 Å². The minimum absolute atomic E-state index is 0.179. The monoisotopic (exact) mass is 287 g/mol. The van der Waals surface area contributed by atoms with Crippen LogP contribution in [-0.2, 0) is 4.79 Å². The van der Waals surface area contributed by atoms with Gasteiger partial charge in [0.15, 0.2) is 6.29 Å². The molecule has 3 nitrogen and oxygen atoms in total. The number of carbonyl (C=O) groups excluding carboxylic acids is 1. The van der Waals surface area contributed by atoms with Crippen LogP contribution in [0.5, 0.6) is 5.75 Å². The first-order chi connectivity index (χ1) is 8.69. The zero-order valence-electron chi connectivity index (χ0n) is 9.89. The highest BCUT2D eigenvalue weighted by atomic mass is 35.5. The van der Waals surface area contributed by atoms with Gasteiger partial charge >= 0.3 is 0 Å². The number of hydrogen-bond donors (Lipinski definition) is 0. The van der Waals surface area contributed by atoms with Gasteiger partial charge in [0.2, 0.25) is 0 Å². The van der Waals surface area contributed by atoms with Crippen molar-refractivity contribution in [2.75, 3.05) is 13.1 Å². The van der Waals surface area contributed by atoms with E-state index < -0.39 is 5.50 Å². The normalized spacial score (nSPS) is 19.4. The minimum Gasteiger partial charge on any atom is -0.490 e. The van der Waals surface area contributed by atoms with Crippen molar-refractivity contribution >= 4 is 29.5 Å². The molecule has 0 spiro atoms. The summed E-state index contributed by atoms with van der Waals surface area (Å²) in [6.07, 6.45) is 2.69. The maximum atomic E-state index is 10.6. The lowest BCUT2D eigenvalue weighted by atomic mass is 10.1. The molecule has 0 amide bonds. The van der Waals surface area contributed by atoms with Crippen molar-refractivity contribution in [3.05, 3.63) is 29.3 Å². The Morgan fingerprint density at radius 3 is 2.44 bits per heavy atom. The molecule has 1 aliphatic heterocycles. The topological polar surface area (TPSA) is 29.5 Å². The molecule has 0 N–H and O–H groups in total. The van der Waals surface area contributed by atoms with Gasteiger partial charge in [0.05, 0.1) is 0 Å². The first-order valence-electron chi connectivity index (χ1n) is 5.94. The molecule has 1 saturated heterocycles. The van der Waals surface area contributed by atoms with Crippen LogP contribution in [0, 0.1) is 0 Å². The summed E-state index contributed by atoms with van der Waals surface area (Å²) in [7, 11) is 0. The Morgan fingerprint density at radius 2 is 1.89 bits per heavy atom. The van der Waals surface area contributed by atoms with E-state index >= 15 is 0 Å². The molecule has 5 heteroatoms. The fraction of sp³-hybridized carbons (Fsp3) is 0.462. The SMILES string of the molecule is O=CC(Cl)N1CCC(Oc2ccc(Cl)cc2)CC1. The molecule has 2 rings (SSSR count).